The van der Waals surface area contributed by atoms with E-state index in [4.69, 9.17) is 9.47 Å². The van der Waals surface area contributed by atoms with Crippen molar-refractivity contribution in [1.29, 1.82) is 0 Å². The first-order chi connectivity index (χ1) is 43.6. The van der Waals surface area contributed by atoms with Crippen LogP contribution >= 0.6 is 0 Å². The highest BCUT2D eigenvalue weighted by Gasteiger charge is 2.16. The predicted molar refractivity (Wildman–Crippen MR) is 389 cm³/mol. The summed E-state index contributed by atoms with van der Waals surface area (Å²) in [5, 5.41) is 9.72. The van der Waals surface area contributed by atoms with Crippen LogP contribution in [0.2, 0.25) is 0 Å². The van der Waals surface area contributed by atoms with Gasteiger partial charge < -0.3 is 14.6 Å². The highest BCUT2D eigenvalue weighted by atomic mass is 16.6. The van der Waals surface area contributed by atoms with E-state index in [1.54, 1.807) is 0 Å². The van der Waals surface area contributed by atoms with E-state index >= 15 is 0 Å². The molecule has 1 N–H and O–H groups in total. The number of allylic oxidation sites excluding steroid dienone is 30. The van der Waals surface area contributed by atoms with E-state index in [0.717, 1.165) is 135 Å². The summed E-state index contributed by atoms with van der Waals surface area (Å²) in [5.41, 5.74) is 0. The molecule has 0 aromatic carbocycles. The van der Waals surface area contributed by atoms with Crippen molar-refractivity contribution < 1.29 is 24.2 Å². The van der Waals surface area contributed by atoms with Crippen LogP contribution in [0.3, 0.4) is 0 Å². The van der Waals surface area contributed by atoms with Gasteiger partial charge in [0.2, 0.25) is 0 Å². The molecular formula is C83H134O5. The van der Waals surface area contributed by atoms with Gasteiger partial charge in [0.25, 0.3) is 0 Å². The number of rotatable bonds is 65. The monoisotopic (exact) mass is 1210 g/mol. The number of aliphatic hydroxyl groups is 1. The topological polar surface area (TPSA) is 72.8 Å². The van der Waals surface area contributed by atoms with Gasteiger partial charge in [0, 0.05) is 12.8 Å². The lowest BCUT2D eigenvalue weighted by Gasteiger charge is -2.15. The van der Waals surface area contributed by atoms with Gasteiger partial charge in [0.05, 0.1) is 6.61 Å². The molecule has 0 radical (unpaired) electrons. The van der Waals surface area contributed by atoms with E-state index in [9.17, 15) is 14.7 Å². The minimum Gasteiger partial charge on any atom is -0.462 e. The fourth-order valence-corrected chi connectivity index (χ4v) is 9.85. The first-order valence-corrected chi connectivity index (χ1v) is 36.3. The van der Waals surface area contributed by atoms with Crippen molar-refractivity contribution in [3.05, 3.63) is 182 Å². The molecule has 5 nitrogen and oxygen atoms in total. The van der Waals surface area contributed by atoms with E-state index in [2.05, 4.69) is 196 Å². The minimum atomic E-state index is -0.786. The second kappa shape index (κ2) is 76.2. The van der Waals surface area contributed by atoms with Gasteiger partial charge in [0.15, 0.2) is 6.10 Å². The molecule has 88 heavy (non-hydrogen) atoms. The highest BCUT2D eigenvalue weighted by Crippen LogP contribution is 2.17. The maximum Gasteiger partial charge on any atom is 0.306 e. The van der Waals surface area contributed by atoms with Gasteiger partial charge in [-0.25, -0.2) is 0 Å². The number of aliphatic hydroxyl groups excluding tert-OH is 1. The van der Waals surface area contributed by atoms with Crippen molar-refractivity contribution >= 4 is 11.9 Å². The summed E-state index contributed by atoms with van der Waals surface area (Å²) in [7, 11) is 0. The summed E-state index contributed by atoms with van der Waals surface area (Å²) in [4.78, 5) is 24.7. The summed E-state index contributed by atoms with van der Waals surface area (Å²) < 4.78 is 10.8. The molecule has 0 aromatic rings. The van der Waals surface area contributed by atoms with E-state index in [1.807, 2.05) is 0 Å². The van der Waals surface area contributed by atoms with Gasteiger partial charge in [-0.3, -0.25) is 9.59 Å². The third-order valence-corrected chi connectivity index (χ3v) is 15.2. The molecule has 0 aliphatic carbocycles. The third-order valence-electron chi connectivity index (χ3n) is 15.2. The van der Waals surface area contributed by atoms with Crippen LogP contribution in [0, 0.1) is 0 Å². The zero-order chi connectivity index (χ0) is 63.3. The zero-order valence-corrected chi connectivity index (χ0v) is 56.9. The second-order valence-corrected chi connectivity index (χ2v) is 23.6. The summed E-state index contributed by atoms with van der Waals surface area (Å²) >= 11 is 0. The largest absolute Gasteiger partial charge is 0.462 e. The quantitative estimate of drug-likeness (QED) is 0.0373. The molecule has 0 spiro atoms. The van der Waals surface area contributed by atoms with Crippen molar-refractivity contribution in [2.24, 2.45) is 0 Å². The maximum atomic E-state index is 12.4. The van der Waals surface area contributed by atoms with Gasteiger partial charge in [0.1, 0.15) is 6.61 Å². The van der Waals surface area contributed by atoms with Crippen molar-refractivity contribution in [3.8, 4) is 0 Å². The molecule has 0 amide bonds. The standard InChI is InChI=1S/C83H134O5/c1-3-5-7-9-11-13-15-17-19-21-23-25-27-29-31-33-35-37-38-39-40-41-42-43-44-46-48-50-52-54-56-58-60-62-64-66-68-70-72-74-76-78-83(86)88-81(79-84)80-87-82(85)77-75-73-71-69-67-65-63-61-59-57-55-53-51-49-47-45-36-34-32-30-28-26-24-22-20-18-16-14-12-10-8-6-4-2/h5-8,11-14,17-20,23-26,29-32,35-37,39-40,42-43,45-46,48,81,84H,3-4,9-10,15-16,21-22,27-28,33-34,38,41,44,47,49-80H2,1-2H3/b7-5-,8-6-,13-11-,14-12-,19-17-,20-18-,25-23-,26-24-,31-29-,32-30-,37-35-,40-39-,43-42-,45-36-,48-46-. The lowest BCUT2D eigenvalue weighted by molar-refractivity contribution is -0.161. The minimum absolute atomic E-state index is 0.0739. The molecular weight excluding hydrogens is 1080 g/mol. The molecule has 5 heteroatoms. The number of unbranched alkanes of at least 4 members (excludes halogenated alkanes) is 27. The highest BCUT2D eigenvalue weighted by molar-refractivity contribution is 5.70. The van der Waals surface area contributed by atoms with Crippen molar-refractivity contribution in [3.63, 3.8) is 0 Å². The Morgan fingerprint density at radius 1 is 0.261 bits per heavy atom. The fourth-order valence-electron chi connectivity index (χ4n) is 9.85. The van der Waals surface area contributed by atoms with Crippen LogP contribution in [0.1, 0.15) is 309 Å². The van der Waals surface area contributed by atoms with Crippen LogP contribution in [0.4, 0.5) is 0 Å². The molecule has 0 rings (SSSR count). The van der Waals surface area contributed by atoms with E-state index in [1.165, 1.54) is 148 Å². The lowest BCUT2D eigenvalue weighted by atomic mass is 10.0. The summed E-state index contributed by atoms with van der Waals surface area (Å²) in [6, 6.07) is 0. The van der Waals surface area contributed by atoms with Crippen molar-refractivity contribution in [2.75, 3.05) is 13.2 Å². The number of carbonyl (C=O) groups excluding carboxylic acids is 2. The molecule has 0 saturated heterocycles. The van der Waals surface area contributed by atoms with Crippen molar-refractivity contribution in [2.45, 2.75) is 315 Å². The Labute approximate surface area is 544 Å². The zero-order valence-electron chi connectivity index (χ0n) is 56.9. The van der Waals surface area contributed by atoms with E-state index in [-0.39, 0.29) is 25.2 Å². The summed E-state index contributed by atoms with van der Waals surface area (Å²) in [5.74, 6) is -0.594. The summed E-state index contributed by atoms with van der Waals surface area (Å²) in [6.07, 6.45) is 119. The smallest absolute Gasteiger partial charge is 0.306 e. The number of ether oxygens (including phenoxy) is 2. The van der Waals surface area contributed by atoms with Crippen LogP contribution < -0.4 is 0 Å². The Balaban J connectivity index is 3.53. The Kier molecular flexibility index (Phi) is 71.9. The molecule has 496 valence electrons. The molecule has 1 atom stereocenters. The van der Waals surface area contributed by atoms with Gasteiger partial charge >= 0.3 is 11.9 Å². The lowest BCUT2D eigenvalue weighted by Crippen LogP contribution is -2.28. The van der Waals surface area contributed by atoms with Crippen LogP contribution in [0.5, 0.6) is 0 Å². The average molecular weight is 1210 g/mol. The number of carbonyl (C=O) groups is 2. The first-order valence-electron chi connectivity index (χ1n) is 36.3. The Hall–Kier alpha value is -5.00. The van der Waals surface area contributed by atoms with Crippen LogP contribution in [0.25, 0.3) is 0 Å². The van der Waals surface area contributed by atoms with Crippen LogP contribution in [-0.2, 0) is 19.1 Å². The molecule has 0 heterocycles. The Morgan fingerprint density at radius 3 is 0.682 bits per heavy atom. The molecule has 0 fully saturated rings. The number of esters is 2. The normalized spacial score (nSPS) is 13.4. The Bertz CT molecular complexity index is 1960. The number of hydrogen-bond acceptors (Lipinski definition) is 5. The van der Waals surface area contributed by atoms with E-state index < -0.39 is 6.10 Å². The molecule has 0 saturated carbocycles. The Morgan fingerprint density at radius 2 is 0.455 bits per heavy atom. The predicted octanol–water partition coefficient (Wildman–Crippen LogP) is 25.8. The SMILES string of the molecule is CC/C=C\C/C=C\C/C=C\C/C=C\C/C=C\C/C=C\C/C=C\C/C=C\C/C=C\CCCCCCCCCCCCCCCC(=O)OC(CO)COC(=O)CCCCCCCCCCCCCCCC/C=C\C/C=C\C/C=C\C/C=C\C/C=C\C/C=C\CC. The molecule has 0 aliphatic heterocycles. The van der Waals surface area contributed by atoms with Crippen LogP contribution in [-0.4, -0.2) is 36.4 Å². The number of hydrogen-bond donors (Lipinski definition) is 1. The molecule has 0 aliphatic rings. The van der Waals surface area contributed by atoms with Gasteiger partial charge in [-0.2, -0.15) is 0 Å². The first kappa shape index (κ1) is 83.0. The molecule has 0 bridgehead atoms. The summed E-state index contributed by atoms with van der Waals surface area (Å²) in [6.45, 7) is 3.92. The van der Waals surface area contributed by atoms with Gasteiger partial charge in [-0.15, -0.1) is 0 Å². The van der Waals surface area contributed by atoms with Gasteiger partial charge in [-0.05, 0) is 135 Å². The molecule has 0 aromatic heterocycles. The second-order valence-electron chi connectivity index (χ2n) is 23.6. The van der Waals surface area contributed by atoms with Crippen LogP contribution in [0.15, 0.2) is 182 Å². The van der Waals surface area contributed by atoms with E-state index in [0.29, 0.717) is 12.8 Å². The maximum absolute atomic E-state index is 12.4. The molecule has 1 unspecified atom stereocenters. The average Bonchev–Trinajstić information content (AvgIpc) is 3.56. The van der Waals surface area contributed by atoms with Crippen molar-refractivity contribution in [1.82, 2.24) is 0 Å². The van der Waals surface area contributed by atoms with Gasteiger partial charge in [-0.1, -0.05) is 344 Å². The fraction of sp³-hybridized carbons (Fsp3) is 0.614. The third kappa shape index (κ3) is 73.5.